The molecule has 3 aromatic carbocycles. The summed E-state index contributed by atoms with van der Waals surface area (Å²) in [6.45, 7) is 1.76. The van der Waals surface area contributed by atoms with Gasteiger partial charge in [-0.2, -0.15) is 0 Å². The summed E-state index contributed by atoms with van der Waals surface area (Å²) in [7, 11) is 3.75. The number of aliphatic carboxylic acids is 1. The van der Waals surface area contributed by atoms with Crippen LogP contribution in [0.5, 0.6) is 0 Å². The van der Waals surface area contributed by atoms with E-state index in [1.165, 1.54) is 0 Å². The fraction of sp³-hybridized carbons (Fsp3) is 0.286. The summed E-state index contributed by atoms with van der Waals surface area (Å²) in [6.07, 6.45) is 4.16. The minimum atomic E-state index is -1.85. The molecule has 0 amide bonds. The Morgan fingerprint density at radius 2 is 1.63 bits per heavy atom. The summed E-state index contributed by atoms with van der Waals surface area (Å²) < 4.78 is 56.7. The van der Waals surface area contributed by atoms with E-state index in [0.29, 0.717) is 34.1 Å². The fourth-order valence-corrected chi connectivity index (χ4v) is 7.88. The van der Waals surface area contributed by atoms with Crippen molar-refractivity contribution in [3.63, 3.8) is 0 Å². The monoisotopic (exact) mass is 647 g/mol. The van der Waals surface area contributed by atoms with Gasteiger partial charge in [0, 0.05) is 46.4 Å². The van der Waals surface area contributed by atoms with Crippen LogP contribution in [-0.2, 0) is 17.6 Å². The zero-order valence-electron chi connectivity index (χ0n) is 25.2. The Kier molecular flexibility index (Phi) is 7.46. The van der Waals surface area contributed by atoms with Crippen LogP contribution in [0, 0.1) is 17.5 Å². The second-order valence-corrected chi connectivity index (χ2v) is 13.0. The number of halogens is 3. The second kappa shape index (κ2) is 11.4. The molecule has 4 aliphatic rings. The first-order chi connectivity index (χ1) is 22.1. The van der Waals surface area contributed by atoms with Crippen LogP contribution < -0.4 is 14.8 Å². The maximum atomic E-state index is 16.9. The summed E-state index contributed by atoms with van der Waals surface area (Å²) in [6, 6.07) is 11.0. The van der Waals surface area contributed by atoms with Gasteiger partial charge in [-0.3, -0.25) is 4.79 Å². The highest BCUT2D eigenvalue weighted by molar-refractivity contribution is 8.00. The molecule has 3 heterocycles. The second-order valence-electron chi connectivity index (χ2n) is 12.0. The molecular weight excluding hydrogens is 617 g/mol. The highest BCUT2D eigenvalue weighted by Crippen LogP contribution is 2.51. The van der Waals surface area contributed by atoms with Gasteiger partial charge in [0.15, 0.2) is 11.6 Å². The van der Waals surface area contributed by atoms with E-state index in [2.05, 4.69) is 4.90 Å². The summed E-state index contributed by atoms with van der Waals surface area (Å²) in [5.74, 6) is -8.47. The molecule has 3 aliphatic heterocycles. The normalized spacial score (nSPS) is 14.5. The van der Waals surface area contributed by atoms with Gasteiger partial charge in [0.2, 0.25) is 5.36 Å². The molecule has 0 bridgehead atoms. The molecule has 0 radical (unpaired) electrons. The number of thioether (sulfide) groups is 1. The van der Waals surface area contributed by atoms with Crippen LogP contribution in [-0.4, -0.2) is 55.1 Å². The summed E-state index contributed by atoms with van der Waals surface area (Å²) in [5, 5.41) is 22.1. The first-order valence-corrected chi connectivity index (χ1v) is 16.1. The number of benzene rings is 4. The lowest BCUT2D eigenvalue weighted by molar-refractivity contribution is -0.133. The number of carboxylic acids is 2. The SMILES string of the molecule is C[N+](C)=c1cc2oc3c4c5c(cc3c(-c3c(F)c(SCC(=O)O)c(F)c(F)c3C(=O)O)c-2c2ccccc12)CCCCN5CCC4. The third-order valence-electron chi connectivity index (χ3n) is 9.01. The first-order valence-electron chi connectivity index (χ1n) is 15.1. The number of aryl methyl sites for hydroxylation is 2. The molecule has 46 heavy (non-hydrogen) atoms. The lowest BCUT2D eigenvalue weighted by Gasteiger charge is -2.33. The molecule has 0 aromatic heterocycles. The molecule has 2 N–H and O–H groups in total. The number of hydrogen-bond acceptors (Lipinski definition) is 5. The van der Waals surface area contributed by atoms with Crippen molar-refractivity contribution in [1.82, 2.24) is 4.58 Å². The molecule has 3 aromatic rings. The molecule has 236 valence electrons. The quantitative estimate of drug-likeness (QED) is 0.0715. The van der Waals surface area contributed by atoms with Crippen molar-refractivity contribution in [2.75, 3.05) is 37.8 Å². The van der Waals surface area contributed by atoms with Crippen LogP contribution in [0.1, 0.15) is 40.7 Å². The predicted octanol–water partition coefficient (Wildman–Crippen LogP) is 6.77. The van der Waals surface area contributed by atoms with E-state index >= 15 is 13.2 Å². The van der Waals surface area contributed by atoms with Crippen LogP contribution in [0.25, 0.3) is 44.2 Å². The highest BCUT2D eigenvalue weighted by atomic mass is 32.2. The van der Waals surface area contributed by atoms with Crippen molar-refractivity contribution in [2.45, 2.75) is 37.0 Å². The van der Waals surface area contributed by atoms with Crippen LogP contribution in [0.2, 0.25) is 0 Å². The average molecular weight is 648 g/mol. The highest BCUT2D eigenvalue weighted by Gasteiger charge is 2.36. The number of fused-ring (bicyclic) bond motifs is 5. The zero-order valence-corrected chi connectivity index (χ0v) is 26.0. The van der Waals surface area contributed by atoms with Crippen molar-refractivity contribution < 1.29 is 37.4 Å². The summed E-state index contributed by atoms with van der Waals surface area (Å²) >= 11 is 0.269. The van der Waals surface area contributed by atoms with E-state index in [4.69, 9.17) is 4.42 Å². The third-order valence-corrected chi connectivity index (χ3v) is 10.0. The van der Waals surface area contributed by atoms with E-state index in [-0.39, 0.29) is 17.3 Å². The van der Waals surface area contributed by atoms with E-state index in [1.807, 2.05) is 42.9 Å². The molecule has 0 saturated heterocycles. The molecule has 1 aliphatic carbocycles. The van der Waals surface area contributed by atoms with Crippen molar-refractivity contribution in [2.24, 2.45) is 0 Å². The predicted molar refractivity (Wildman–Crippen MR) is 172 cm³/mol. The fourth-order valence-electron chi connectivity index (χ4n) is 7.17. The van der Waals surface area contributed by atoms with E-state index in [0.717, 1.165) is 66.3 Å². The van der Waals surface area contributed by atoms with Crippen LogP contribution in [0.15, 0.2) is 45.7 Å². The Balaban J connectivity index is 1.76. The van der Waals surface area contributed by atoms with Gasteiger partial charge in [0.1, 0.15) is 36.8 Å². The van der Waals surface area contributed by atoms with Crippen LogP contribution >= 0.6 is 11.8 Å². The molecule has 7 rings (SSSR count). The molecule has 11 heteroatoms. The number of carboxylic acid groups (broad SMARTS) is 2. The van der Waals surface area contributed by atoms with E-state index < -0.39 is 51.2 Å². The van der Waals surface area contributed by atoms with Gasteiger partial charge in [-0.05, 0) is 55.2 Å². The molecule has 0 unspecified atom stereocenters. The van der Waals surface area contributed by atoms with Crippen molar-refractivity contribution in [3.8, 4) is 22.5 Å². The number of hydrogen-bond donors (Lipinski definition) is 2. The largest absolute Gasteiger partial charge is 0.481 e. The zero-order chi connectivity index (χ0) is 32.4. The molecule has 0 fully saturated rings. The lowest BCUT2D eigenvalue weighted by atomic mass is 9.84. The Hall–Kier alpha value is -4.51. The molecule has 7 nitrogen and oxygen atoms in total. The van der Waals surface area contributed by atoms with Gasteiger partial charge in [0.25, 0.3) is 0 Å². The van der Waals surface area contributed by atoms with Crippen LogP contribution in [0.3, 0.4) is 0 Å². The Bertz CT molecular complexity index is 2170. The van der Waals surface area contributed by atoms with Crippen molar-refractivity contribution in [1.29, 1.82) is 0 Å². The van der Waals surface area contributed by atoms with Crippen molar-refractivity contribution in [3.05, 3.63) is 75.9 Å². The number of aromatic carboxylic acids is 1. The summed E-state index contributed by atoms with van der Waals surface area (Å²) in [5.41, 5.74) is 2.06. The maximum absolute atomic E-state index is 16.9. The minimum absolute atomic E-state index is 0.0733. The number of anilines is 1. The molecule has 0 atom stereocenters. The van der Waals surface area contributed by atoms with Gasteiger partial charge in [-0.1, -0.05) is 18.2 Å². The molecule has 0 saturated carbocycles. The Morgan fingerprint density at radius 3 is 2.35 bits per heavy atom. The molecular formula is C35H30F3N2O5S+. The average Bonchev–Trinajstić information content (AvgIpc) is 3.24. The van der Waals surface area contributed by atoms with Gasteiger partial charge in [-0.15, -0.1) is 11.8 Å². The first kappa shape index (κ1) is 30.2. The van der Waals surface area contributed by atoms with Gasteiger partial charge >= 0.3 is 11.9 Å². The smallest absolute Gasteiger partial charge is 0.339 e. The third kappa shape index (κ3) is 4.62. The van der Waals surface area contributed by atoms with E-state index in [1.54, 1.807) is 12.1 Å². The maximum Gasteiger partial charge on any atom is 0.339 e. The standard InChI is InChI=1S/C35H29F3N2O5S/c1-39(2)22-15-23-25(19-10-4-3-9-18(19)22)26(27-28(35(43)44)29(36)31(38)34(30(27)37)46-16-24(41)42)21-14-17-8-5-6-12-40-13-7-11-20(32(17)40)33(21)45-23/h3-4,9-10,14-15H,5-8,11-13,16H2,1-2H3,(H-,41,42,43,44)/p+1. The van der Waals surface area contributed by atoms with Gasteiger partial charge < -0.3 is 19.5 Å². The van der Waals surface area contributed by atoms with Crippen molar-refractivity contribution >= 4 is 51.1 Å². The van der Waals surface area contributed by atoms with Crippen LogP contribution in [0.4, 0.5) is 18.9 Å². The molecule has 0 spiro atoms. The Labute approximate surface area is 265 Å². The number of nitrogens with zero attached hydrogens (tertiary/aromatic N) is 2. The van der Waals surface area contributed by atoms with E-state index in [9.17, 15) is 19.8 Å². The minimum Gasteiger partial charge on any atom is -0.481 e. The number of carbonyl (C=O) groups is 2. The lowest BCUT2D eigenvalue weighted by Crippen LogP contribution is -2.30. The number of rotatable bonds is 5. The Morgan fingerprint density at radius 1 is 0.891 bits per heavy atom. The van der Waals surface area contributed by atoms with Gasteiger partial charge in [0.05, 0.1) is 22.1 Å². The topological polar surface area (TPSA) is 94.0 Å². The van der Waals surface area contributed by atoms with Gasteiger partial charge in [-0.25, -0.2) is 22.5 Å². The summed E-state index contributed by atoms with van der Waals surface area (Å²) in [4.78, 5) is 25.6.